The van der Waals surface area contributed by atoms with Gasteiger partial charge in [-0.05, 0) is 43.9 Å². The maximum absolute atomic E-state index is 12.3. The van der Waals surface area contributed by atoms with E-state index >= 15 is 0 Å². The fraction of sp³-hybridized carbons (Fsp3) is 0.407. The van der Waals surface area contributed by atoms with Crippen LogP contribution in [0, 0.1) is 18.3 Å². The summed E-state index contributed by atoms with van der Waals surface area (Å²) in [5.41, 5.74) is 5.77. The van der Waals surface area contributed by atoms with Gasteiger partial charge in [-0.25, -0.2) is 0 Å². The first-order valence-corrected chi connectivity index (χ1v) is 11.6. The molecule has 0 saturated heterocycles. The third-order valence-electron chi connectivity index (χ3n) is 6.12. The van der Waals surface area contributed by atoms with Crippen LogP contribution < -0.4 is 4.74 Å². The van der Waals surface area contributed by atoms with Gasteiger partial charge >= 0.3 is 5.97 Å². The molecule has 1 aromatic heterocycles. The Bertz CT molecular complexity index is 1190. The molecule has 33 heavy (non-hydrogen) atoms. The van der Waals surface area contributed by atoms with Crippen LogP contribution in [0.4, 0.5) is 0 Å². The molecule has 0 fully saturated rings. The van der Waals surface area contributed by atoms with E-state index in [2.05, 4.69) is 17.6 Å². The smallest absolute Gasteiger partial charge is 0.308 e. The molecule has 0 spiro atoms. The summed E-state index contributed by atoms with van der Waals surface area (Å²) in [5.74, 6) is 0.436. The Morgan fingerprint density at radius 2 is 2.06 bits per heavy atom. The van der Waals surface area contributed by atoms with E-state index in [1.54, 1.807) is 6.92 Å². The Hall–Kier alpha value is -3.30. The third-order valence-corrected chi connectivity index (χ3v) is 6.12. The largest absolute Gasteiger partial charge is 0.489 e. The number of fused-ring (bicyclic) bond motifs is 3. The Kier molecular flexibility index (Phi) is 7.00. The standard InChI is InChI=1S/C27H30N2O4/c1-4-12-29-26-18(3)22(33-17-19-9-7-6-8-10-19)14-20(16-28)25(26)21-11-13-32-23(27(21)29)15-24(30)31-5-2/h6-10,14,23H,4-5,11-13,15,17H2,1-3H3. The molecule has 1 aliphatic rings. The molecule has 3 aromatic rings. The van der Waals surface area contributed by atoms with Gasteiger partial charge in [-0.2, -0.15) is 5.26 Å². The van der Waals surface area contributed by atoms with Gasteiger partial charge in [0.05, 0.1) is 42.5 Å². The van der Waals surface area contributed by atoms with E-state index in [4.69, 9.17) is 14.2 Å². The van der Waals surface area contributed by atoms with Crippen molar-refractivity contribution >= 4 is 16.9 Å². The quantitative estimate of drug-likeness (QED) is 0.435. The van der Waals surface area contributed by atoms with E-state index in [0.29, 0.717) is 37.6 Å². The minimum absolute atomic E-state index is 0.166. The van der Waals surface area contributed by atoms with Crippen LogP contribution in [0.3, 0.4) is 0 Å². The van der Waals surface area contributed by atoms with Gasteiger partial charge < -0.3 is 18.8 Å². The lowest BCUT2D eigenvalue weighted by atomic mass is 9.96. The van der Waals surface area contributed by atoms with Gasteiger partial charge in [-0.15, -0.1) is 0 Å². The van der Waals surface area contributed by atoms with Crippen molar-refractivity contribution < 1.29 is 19.0 Å². The lowest BCUT2D eigenvalue weighted by Crippen LogP contribution is -2.22. The fourth-order valence-electron chi connectivity index (χ4n) is 4.76. The number of hydrogen-bond donors (Lipinski definition) is 0. The van der Waals surface area contributed by atoms with Crippen LogP contribution in [0.15, 0.2) is 36.4 Å². The number of hydrogen-bond acceptors (Lipinski definition) is 5. The number of aromatic nitrogens is 1. The molecular formula is C27H30N2O4. The van der Waals surface area contributed by atoms with Crippen LogP contribution in [0.2, 0.25) is 0 Å². The maximum Gasteiger partial charge on any atom is 0.308 e. The number of esters is 1. The van der Waals surface area contributed by atoms with Crippen molar-refractivity contribution in [1.29, 1.82) is 5.26 Å². The highest BCUT2D eigenvalue weighted by atomic mass is 16.5. The number of carbonyl (C=O) groups is 1. The lowest BCUT2D eigenvalue weighted by molar-refractivity contribution is -0.146. The summed E-state index contributed by atoms with van der Waals surface area (Å²) in [7, 11) is 0. The van der Waals surface area contributed by atoms with Gasteiger partial charge in [0.25, 0.3) is 0 Å². The van der Waals surface area contributed by atoms with E-state index in [0.717, 1.165) is 46.3 Å². The maximum atomic E-state index is 12.3. The molecule has 1 atom stereocenters. The van der Waals surface area contributed by atoms with E-state index in [1.165, 1.54) is 0 Å². The molecule has 1 aliphatic heterocycles. The second-order valence-electron chi connectivity index (χ2n) is 8.29. The number of carbonyl (C=O) groups excluding carboxylic acids is 1. The molecule has 0 N–H and O–H groups in total. The van der Waals surface area contributed by atoms with Gasteiger partial charge in [0, 0.05) is 17.5 Å². The monoisotopic (exact) mass is 446 g/mol. The Balaban J connectivity index is 1.84. The Morgan fingerprint density at radius 3 is 2.76 bits per heavy atom. The van der Waals surface area contributed by atoms with Crippen LogP contribution in [-0.2, 0) is 33.8 Å². The molecule has 1 unspecified atom stereocenters. The summed E-state index contributed by atoms with van der Waals surface area (Å²) >= 11 is 0. The van der Waals surface area contributed by atoms with Crippen molar-refractivity contribution in [3.8, 4) is 11.8 Å². The molecule has 6 nitrogen and oxygen atoms in total. The zero-order valence-corrected chi connectivity index (χ0v) is 19.5. The van der Waals surface area contributed by atoms with Crippen LogP contribution in [-0.4, -0.2) is 23.8 Å². The SMILES string of the molecule is CCCn1c2c(c3c(C#N)cc(OCc4ccccc4)c(C)c31)CCOC2CC(=O)OCC. The van der Waals surface area contributed by atoms with Gasteiger partial charge in [0.2, 0.25) is 0 Å². The predicted molar refractivity (Wildman–Crippen MR) is 126 cm³/mol. The van der Waals surface area contributed by atoms with Crippen molar-refractivity contribution in [1.82, 2.24) is 4.57 Å². The number of nitriles is 1. The highest BCUT2D eigenvalue weighted by Gasteiger charge is 2.32. The van der Waals surface area contributed by atoms with Crippen molar-refractivity contribution in [2.45, 2.75) is 59.3 Å². The highest BCUT2D eigenvalue weighted by molar-refractivity contribution is 5.95. The second kappa shape index (κ2) is 10.1. The fourth-order valence-corrected chi connectivity index (χ4v) is 4.76. The van der Waals surface area contributed by atoms with E-state index in [-0.39, 0.29) is 18.5 Å². The Morgan fingerprint density at radius 1 is 1.27 bits per heavy atom. The zero-order valence-electron chi connectivity index (χ0n) is 19.5. The molecular weight excluding hydrogens is 416 g/mol. The average molecular weight is 447 g/mol. The van der Waals surface area contributed by atoms with Gasteiger partial charge in [-0.1, -0.05) is 37.3 Å². The van der Waals surface area contributed by atoms with Gasteiger partial charge in [0.15, 0.2) is 0 Å². The summed E-state index contributed by atoms with van der Waals surface area (Å²) < 4.78 is 19.7. The molecule has 0 saturated carbocycles. The van der Waals surface area contributed by atoms with Gasteiger partial charge in [0.1, 0.15) is 18.5 Å². The topological polar surface area (TPSA) is 73.5 Å². The summed E-state index contributed by atoms with van der Waals surface area (Å²) in [4.78, 5) is 12.3. The van der Waals surface area contributed by atoms with Crippen LogP contribution in [0.5, 0.6) is 5.75 Å². The number of benzene rings is 2. The third kappa shape index (κ3) is 4.46. The molecule has 0 bridgehead atoms. The molecule has 2 aromatic carbocycles. The minimum Gasteiger partial charge on any atom is -0.489 e. The first-order valence-electron chi connectivity index (χ1n) is 11.6. The average Bonchev–Trinajstić information content (AvgIpc) is 3.16. The summed E-state index contributed by atoms with van der Waals surface area (Å²) in [6.07, 6.45) is 1.41. The molecule has 172 valence electrons. The normalized spacial score (nSPS) is 15.2. The van der Waals surface area contributed by atoms with Crippen LogP contribution >= 0.6 is 0 Å². The Labute approximate surface area is 194 Å². The van der Waals surface area contributed by atoms with E-state index < -0.39 is 0 Å². The van der Waals surface area contributed by atoms with E-state index in [1.807, 2.05) is 43.3 Å². The first kappa shape index (κ1) is 22.9. The van der Waals surface area contributed by atoms with Crippen molar-refractivity contribution in [2.24, 2.45) is 0 Å². The molecule has 2 heterocycles. The summed E-state index contributed by atoms with van der Waals surface area (Å²) in [6, 6.07) is 14.2. The molecule has 0 radical (unpaired) electrons. The first-order chi connectivity index (χ1) is 16.1. The highest BCUT2D eigenvalue weighted by Crippen LogP contribution is 2.42. The number of aryl methyl sites for hydroxylation is 2. The van der Waals surface area contributed by atoms with Crippen molar-refractivity contribution in [2.75, 3.05) is 13.2 Å². The lowest BCUT2D eigenvalue weighted by Gasteiger charge is -2.25. The van der Waals surface area contributed by atoms with E-state index in [9.17, 15) is 10.1 Å². The van der Waals surface area contributed by atoms with Gasteiger partial charge in [-0.3, -0.25) is 4.79 Å². The number of ether oxygens (including phenoxy) is 3. The second-order valence-corrected chi connectivity index (χ2v) is 8.29. The minimum atomic E-state index is -0.383. The van der Waals surface area contributed by atoms with Crippen molar-refractivity contribution in [3.63, 3.8) is 0 Å². The zero-order chi connectivity index (χ0) is 23.4. The number of nitrogens with zero attached hydrogens (tertiary/aromatic N) is 2. The molecule has 6 heteroatoms. The van der Waals surface area contributed by atoms with Crippen molar-refractivity contribution in [3.05, 3.63) is 64.3 Å². The van der Waals surface area contributed by atoms with Crippen LogP contribution in [0.1, 0.15) is 60.7 Å². The predicted octanol–water partition coefficient (Wildman–Crippen LogP) is 5.38. The molecule has 0 amide bonds. The number of rotatable bonds is 8. The molecule has 4 rings (SSSR count). The summed E-state index contributed by atoms with van der Waals surface area (Å²) in [5, 5.41) is 11.0. The van der Waals surface area contributed by atoms with Crippen LogP contribution in [0.25, 0.3) is 10.9 Å². The summed E-state index contributed by atoms with van der Waals surface area (Å²) in [6.45, 7) is 8.03. The molecule has 0 aliphatic carbocycles.